The van der Waals surface area contributed by atoms with Crippen molar-refractivity contribution in [3.8, 4) is 11.5 Å². The van der Waals surface area contributed by atoms with E-state index in [0.29, 0.717) is 17.5 Å². The molecule has 0 radical (unpaired) electrons. The van der Waals surface area contributed by atoms with Crippen LogP contribution >= 0.6 is 0 Å². The zero-order valence-corrected chi connectivity index (χ0v) is 19.6. The molecule has 4 rings (SSSR count). The van der Waals surface area contributed by atoms with E-state index in [4.69, 9.17) is 13.9 Å². The lowest BCUT2D eigenvalue weighted by Gasteiger charge is -2.29. The second-order valence-corrected chi connectivity index (χ2v) is 9.83. The summed E-state index contributed by atoms with van der Waals surface area (Å²) in [4.78, 5) is 13.8. The third-order valence-electron chi connectivity index (χ3n) is 5.89. The number of benzene rings is 2. The van der Waals surface area contributed by atoms with E-state index in [1.807, 2.05) is 6.07 Å². The second-order valence-electron chi connectivity index (χ2n) is 8.06. The van der Waals surface area contributed by atoms with Crippen LogP contribution in [-0.4, -0.2) is 47.2 Å². The molecule has 176 valence electrons. The Morgan fingerprint density at radius 3 is 2.52 bits per heavy atom. The van der Waals surface area contributed by atoms with Crippen LogP contribution in [0.25, 0.3) is 11.0 Å². The third-order valence-corrected chi connectivity index (χ3v) is 7.35. The summed E-state index contributed by atoms with van der Waals surface area (Å²) in [7, 11) is -0.345. The van der Waals surface area contributed by atoms with E-state index >= 15 is 0 Å². The van der Waals surface area contributed by atoms with E-state index in [1.165, 1.54) is 35.4 Å². The minimum Gasteiger partial charge on any atom is -0.493 e. The molecule has 3 aromatic rings. The summed E-state index contributed by atoms with van der Waals surface area (Å²) in [5, 5.41) is 0.567. The Labute approximate surface area is 193 Å². The molecule has 0 bridgehead atoms. The van der Waals surface area contributed by atoms with Crippen molar-refractivity contribution in [2.75, 3.05) is 33.9 Å². The molecule has 0 fully saturated rings. The van der Waals surface area contributed by atoms with Crippen molar-refractivity contribution in [1.82, 2.24) is 9.62 Å². The number of nitrogens with one attached hydrogen (secondary N) is 1. The van der Waals surface area contributed by atoms with Gasteiger partial charge in [-0.15, -0.1) is 0 Å². The Bertz CT molecular complexity index is 1300. The van der Waals surface area contributed by atoms with Crippen molar-refractivity contribution in [1.29, 1.82) is 0 Å². The second kappa shape index (κ2) is 9.94. The van der Waals surface area contributed by atoms with Crippen LogP contribution in [0.5, 0.6) is 11.5 Å². The molecule has 0 saturated heterocycles. The summed E-state index contributed by atoms with van der Waals surface area (Å²) in [6.07, 6.45) is 2.56. The van der Waals surface area contributed by atoms with Gasteiger partial charge in [0.25, 0.3) is 0 Å². The number of rotatable bonds is 9. The molecular weight excluding hydrogens is 444 g/mol. The number of nitrogens with zero attached hydrogens (tertiary/aromatic N) is 1. The van der Waals surface area contributed by atoms with Crippen molar-refractivity contribution in [3.05, 3.63) is 64.0 Å². The van der Waals surface area contributed by atoms with Crippen LogP contribution in [0.3, 0.4) is 0 Å². The highest BCUT2D eigenvalue weighted by molar-refractivity contribution is 7.89. The number of ether oxygens (including phenoxy) is 2. The highest BCUT2D eigenvalue weighted by Crippen LogP contribution is 2.33. The van der Waals surface area contributed by atoms with E-state index in [1.54, 1.807) is 20.3 Å². The number of sulfonamides is 1. The van der Waals surface area contributed by atoms with Crippen LogP contribution in [0.4, 0.5) is 0 Å². The van der Waals surface area contributed by atoms with Crippen molar-refractivity contribution < 1.29 is 22.3 Å². The van der Waals surface area contributed by atoms with Crippen molar-refractivity contribution in [3.63, 3.8) is 0 Å². The Morgan fingerprint density at radius 2 is 1.76 bits per heavy atom. The van der Waals surface area contributed by atoms with Gasteiger partial charge >= 0.3 is 5.63 Å². The average molecular weight is 473 g/mol. The Hall–Kier alpha value is -2.88. The number of fused-ring (bicyclic) bond motifs is 2. The van der Waals surface area contributed by atoms with Gasteiger partial charge < -0.3 is 13.9 Å². The van der Waals surface area contributed by atoms with Gasteiger partial charge in [-0.2, -0.15) is 0 Å². The molecule has 9 heteroatoms. The van der Waals surface area contributed by atoms with E-state index in [0.717, 1.165) is 50.4 Å². The third kappa shape index (κ3) is 5.38. The minimum absolute atomic E-state index is 0.154. The predicted octanol–water partition coefficient (Wildman–Crippen LogP) is 2.93. The largest absolute Gasteiger partial charge is 0.493 e. The van der Waals surface area contributed by atoms with Crippen molar-refractivity contribution in [2.24, 2.45) is 0 Å². The van der Waals surface area contributed by atoms with Gasteiger partial charge in [0.05, 0.1) is 19.1 Å². The summed E-state index contributed by atoms with van der Waals surface area (Å²) in [5.41, 5.74) is 2.42. The minimum atomic E-state index is -3.63. The predicted molar refractivity (Wildman–Crippen MR) is 125 cm³/mol. The van der Waals surface area contributed by atoms with E-state index in [9.17, 15) is 13.2 Å². The summed E-state index contributed by atoms with van der Waals surface area (Å²) in [6.45, 7) is 3.06. The maximum atomic E-state index is 12.6. The summed E-state index contributed by atoms with van der Waals surface area (Å²) in [6, 6.07) is 11.4. The Balaban J connectivity index is 1.27. The standard InChI is InChI=1S/C24H28N2O6S/c1-30-22-14-17-9-12-26(16-19(17)15-23(22)31-2)11-4-3-10-25-33(28,29)20-6-7-21-18(13-20)5-8-24(27)32-21/h5-8,13-15,25H,3-4,9-12,16H2,1-2H3. The van der Waals surface area contributed by atoms with Gasteiger partial charge in [-0.25, -0.2) is 17.9 Å². The quantitative estimate of drug-likeness (QED) is 0.378. The molecule has 1 aliphatic rings. The fourth-order valence-corrected chi connectivity index (χ4v) is 5.21. The lowest BCUT2D eigenvalue weighted by molar-refractivity contribution is 0.248. The Kier molecular flexibility index (Phi) is 7.02. The van der Waals surface area contributed by atoms with Gasteiger partial charge in [-0.05, 0) is 73.3 Å². The monoisotopic (exact) mass is 472 g/mol. The maximum Gasteiger partial charge on any atom is 0.336 e. The zero-order chi connectivity index (χ0) is 23.4. The van der Waals surface area contributed by atoms with E-state index in [2.05, 4.69) is 15.7 Å². The Morgan fingerprint density at radius 1 is 1.00 bits per heavy atom. The van der Waals surface area contributed by atoms with Crippen LogP contribution in [0.15, 0.2) is 56.6 Å². The molecule has 2 heterocycles. The smallest absolute Gasteiger partial charge is 0.336 e. The highest BCUT2D eigenvalue weighted by Gasteiger charge is 2.19. The molecule has 1 N–H and O–H groups in total. The lowest BCUT2D eigenvalue weighted by Crippen LogP contribution is -2.32. The number of unbranched alkanes of at least 4 members (excludes halogenated alkanes) is 1. The van der Waals surface area contributed by atoms with Crippen LogP contribution in [0, 0.1) is 0 Å². The van der Waals surface area contributed by atoms with Crippen LogP contribution < -0.4 is 19.8 Å². The van der Waals surface area contributed by atoms with Crippen LogP contribution in [0.1, 0.15) is 24.0 Å². The zero-order valence-electron chi connectivity index (χ0n) is 18.8. The summed E-state index contributed by atoms with van der Waals surface area (Å²) < 4.78 is 43.8. The van der Waals surface area contributed by atoms with Gasteiger partial charge in [0, 0.05) is 31.1 Å². The maximum absolute atomic E-state index is 12.6. The summed E-state index contributed by atoms with van der Waals surface area (Å²) in [5.74, 6) is 1.50. The molecule has 2 aromatic carbocycles. The first-order valence-corrected chi connectivity index (χ1v) is 12.4. The molecule has 0 spiro atoms. The number of hydrogen-bond donors (Lipinski definition) is 1. The normalized spacial score (nSPS) is 14.2. The highest BCUT2D eigenvalue weighted by atomic mass is 32.2. The first kappa shape index (κ1) is 23.3. The molecule has 33 heavy (non-hydrogen) atoms. The molecular formula is C24H28N2O6S. The fourth-order valence-electron chi connectivity index (χ4n) is 4.10. The number of methoxy groups -OCH3 is 2. The van der Waals surface area contributed by atoms with Crippen LogP contribution in [-0.2, 0) is 23.0 Å². The molecule has 0 saturated carbocycles. The van der Waals surface area contributed by atoms with Crippen molar-refractivity contribution in [2.45, 2.75) is 30.7 Å². The van der Waals surface area contributed by atoms with Gasteiger partial charge in [-0.3, -0.25) is 4.90 Å². The molecule has 8 nitrogen and oxygen atoms in total. The fraction of sp³-hybridized carbons (Fsp3) is 0.375. The van der Waals surface area contributed by atoms with Crippen molar-refractivity contribution >= 4 is 21.0 Å². The van der Waals surface area contributed by atoms with Gasteiger partial charge in [0.1, 0.15) is 5.58 Å². The molecule has 1 aliphatic heterocycles. The van der Waals surface area contributed by atoms with E-state index < -0.39 is 15.6 Å². The molecule has 0 atom stereocenters. The molecule has 0 amide bonds. The van der Waals surface area contributed by atoms with Gasteiger partial charge in [0.15, 0.2) is 11.5 Å². The van der Waals surface area contributed by atoms with Gasteiger partial charge in [-0.1, -0.05) is 0 Å². The van der Waals surface area contributed by atoms with Gasteiger partial charge in [0.2, 0.25) is 10.0 Å². The topological polar surface area (TPSA) is 98.1 Å². The molecule has 1 aromatic heterocycles. The van der Waals surface area contributed by atoms with Crippen LogP contribution in [0.2, 0.25) is 0 Å². The molecule has 0 unspecified atom stereocenters. The SMILES string of the molecule is COc1cc2c(cc1OC)CN(CCCCNS(=O)(=O)c1ccc3oc(=O)ccc3c1)CC2. The van der Waals surface area contributed by atoms with E-state index in [-0.39, 0.29) is 4.90 Å². The first-order valence-electron chi connectivity index (χ1n) is 10.9. The molecule has 0 aliphatic carbocycles. The number of hydrogen-bond acceptors (Lipinski definition) is 7. The summed E-state index contributed by atoms with van der Waals surface area (Å²) >= 11 is 0. The lowest BCUT2D eigenvalue weighted by atomic mass is 9.98. The first-order chi connectivity index (χ1) is 15.9. The average Bonchev–Trinajstić information content (AvgIpc) is 2.82.